The van der Waals surface area contributed by atoms with E-state index < -0.39 is 5.97 Å². The zero-order valence-electron chi connectivity index (χ0n) is 11.6. The first-order chi connectivity index (χ1) is 9.97. The van der Waals surface area contributed by atoms with Crippen LogP contribution in [0.15, 0.2) is 18.3 Å². The number of rotatable bonds is 2. The minimum absolute atomic E-state index is 0.00326. The minimum Gasteiger partial charge on any atom is -0.477 e. The number of urea groups is 1. The summed E-state index contributed by atoms with van der Waals surface area (Å²) in [6.07, 6.45) is 1.30. The zero-order valence-corrected chi connectivity index (χ0v) is 11.6. The van der Waals surface area contributed by atoms with Crippen LogP contribution in [0.5, 0.6) is 0 Å². The molecule has 21 heavy (non-hydrogen) atoms. The fourth-order valence-corrected chi connectivity index (χ4v) is 2.02. The number of aromatic nitrogens is 1. The van der Waals surface area contributed by atoms with Crippen LogP contribution in [0.3, 0.4) is 0 Å². The third-order valence-corrected chi connectivity index (χ3v) is 3.25. The second kappa shape index (κ2) is 6.21. The maximum atomic E-state index is 12.0. The smallest absolute Gasteiger partial charge is 0.354 e. The molecule has 8 nitrogen and oxygen atoms in total. The number of nitrogens with zero attached hydrogens (tertiary/aromatic N) is 3. The normalized spacial score (nSPS) is 14.7. The SMILES string of the molecule is CC(=O)N1CCN(C(=O)Nc2ccc(C(=O)O)nc2)CC1. The molecule has 0 radical (unpaired) electrons. The second-order valence-corrected chi connectivity index (χ2v) is 4.66. The van der Waals surface area contributed by atoms with Gasteiger partial charge in [0.15, 0.2) is 0 Å². The van der Waals surface area contributed by atoms with Gasteiger partial charge in [-0.2, -0.15) is 0 Å². The Balaban J connectivity index is 1.90. The first kappa shape index (κ1) is 14.8. The van der Waals surface area contributed by atoms with Gasteiger partial charge in [-0.25, -0.2) is 14.6 Å². The van der Waals surface area contributed by atoms with Gasteiger partial charge in [-0.3, -0.25) is 4.79 Å². The van der Waals surface area contributed by atoms with E-state index in [-0.39, 0.29) is 17.6 Å². The molecular formula is C13H16N4O4. The number of carbonyl (C=O) groups excluding carboxylic acids is 2. The molecule has 0 aromatic carbocycles. The van der Waals surface area contributed by atoms with Gasteiger partial charge in [0.2, 0.25) is 5.91 Å². The Morgan fingerprint density at radius 2 is 1.76 bits per heavy atom. The van der Waals surface area contributed by atoms with E-state index >= 15 is 0 Å². The van der Waals surface area contributed by atoms with E-state index in [4.69, 9.17) is 5.11 Å². The highest BCUT2D eigenvalue weighted by atomic mass is 16.4. The summed E-state index contributed by atoms with van der Waals surface area (Å²) in [5, 5.41) is 11.4. The number of aromatic carboxylic acids is 1. The van der Waals surface area contributed by atoms with Crippen molar-refractivity contribution in [1.82, 2.24) is 14.8 Å². The highest BCUT2D eigenvalue weighted by Gasteiger charge is 2.22. The first-order valence-corrected chi connectivity index (χ1v) is 6.48. The molecule has 0 aliphatic carbocycles. The monoisotopic (exact) mass is 292 g/mol. The highest BCUT2D eigenvalue weighted by Crippen LogP contribution is 2.09. The number of nitrogens with one attached hydrogen (secondary N) is 1. The maximum absolute atomic E-state index is 12.0. The van der Waals surface area contributed by atoms with Crippen LogP contribution in [0.4, 0.5) is 10.5 Å². The lowest BCUT2D eigenvalue weighted by atomic mass is 10.3. The van der Waals surface area contributed by atoms with Crippen LogP contribution in [0.2, 0.25) is 0 Å². The summed E-state index contributed by atoms with van der Waals surface area (Å²) in [7, 11) is 0. The van der Waals surface area contributed by atoms with Crippen molar-refractivity contribution in [3.63, 3.8) is 0 Å². The summed E-state index contributed by atoms with van der Waals surface area (Å²) in [5.41, 5.74) is 0.349. The lowest BCUT2D eigenvalue weighted by molar-refractivity contribution is -0.130. The van der Waals surface area contributed by atoms with Crippen LogP contribution in [0.1, 0.15) is 17.4 Å². The van der Waals surface area contributed by atoms with Gasteiger partial charge in [-0.1, -0.05) is 0 Å². The van der Waals surface area contributed by atoms with Gasteiger partial charge in [0, 0.05) is 33.1 Å². The molecule has 1 saturated heterocycles. The van der Waals surface area contributed by atoms with Crippen molar-refractivity contribution in [1.29, 1.82) is 0 Å². The topological polar surface area (TPSA) is 103 Å². The van der Waals surface area contributed by atoms with Crippen LogP contribution >= 0.6 is 0 Å². The summed E-state index contributed by atoms with van der Waals surface area (Å²) in [6, 6.07) is 2.52. The third kappa shape index (κ3) is 3.68. The quantitative estimate of drug-likeness (QED) is 0.825. The summed E-state index contributed by atoms with van der Waals surface area (Å²) < 4.78 is 0. The van der Waals surface area contributed by atoms with Crippen molar-refractivity contribution < 1.29 is 19.5 Å². The van der Waals surface area contributed by atoms with Gasteiger partial charge in [0.25, 0.3) is 0 Å². The maximum Gasteiger partial charge on any atom is 0.354 e. The van der Waals surface area contributed by atoms with Gasteiger partial charge in [-0.15, -0.1) is 0 Å². The molecule has 0 unspecified atom stereocenters. The molecule has 1 fully saturated rings. The largest absolute Gasteiger partial charge is 0.477 e. The molecule has 0 spiro atoms. The predicted molar refractivity (Wildman–Crippen MR) is 74.0 cm³/mol. The van der Waals surface area contributed by atoms with E-state index in [0.717, 1.165) is 0 Å². The van der Waals surface area contributed by atoms with Crippen molar-refractivity contribution >= 4 is 23.6 Å². The summed E-state index contributed by atoms with van der Waals surface area (Å²) in [6.45, 7) is 3.46. The molecule has 2 heterocycles. The first-order valence-electron chi connectivity index (χ1n) is 6.48. The molecule has 0 saturated carbocycles. The van der Waals surface area contributed by atoms with Gasteiger partial charge in [0.05, 0.1) is 11.9 Å². The van der Waals surface area contributed by atoms with Crippen LogP contribution in [-0.4, -0.2) is 64.0 Å². The average molecular weight is 292 g/mol. The molecule has 1 aliphatic rings. The fraction of sp³-hybridized carbons (Fsp3) is 0.385. The minimum atomic E-state index is -1.12. The molecule has 8 heteroatoms. The van der Waals surface area contributed by atoms with E-state index in [1.54, 1.807) is 9.80 Å². The van der Waals surface area contributed by atoms with E-state index in [0.29, 0.717) is 31.9 Å². The highest BCUT2D eigenvalue weighted by molar-refractivity contribution is 5.90. The molecule has 1 aliphatic heterocycles. The molecule has 1 aromatic rings. The van der Waals surface area contributed by atoms with Crippen LogP contribution in [0.25, 0.3) is 0 Å². The lowest BCUT2D eigenvalue weighted by Crippen LogP contribution is -2.51. The summed E-state index contributed by atoms with van der Waals surface area (Å²) in [5.74, 6) is -1.11. The number of hydrogen-bond acceptors (Lipinski definition) is 4. The number of carboxylic acid groups (broad SMARTS) is 1. The van der Waals surface area contributed by atoms with E-state index in [9.17, 15) is 14.4 Å². The molecule has 0 atom stereocenters. The Hall–Kier alpha value is -2.64. The molecule has 0 bridgehead atoms. The second-order valence-electron chi connectivity index (χ2n) is 4.66. The van der Waals surface area contributed by atoms with Crippen molar-refractivity contribution in [3.8, 4) is 0 Å². The third-order valence-electron chi connectivity index (χ3n) is 3.25. The molecule has 3 amide bonds. The molecule has 2 N–H and O–H groups in total. The lowest BCUT2D eigenvalue weighted by Gasteiger charge is -2.34. The standard InChI is InChI=1S/C13H16N4O4/c1-9(18)16-4-6-17(7-5-16)13(21)15-10-2-3-11(12(19)20)14-8-10/h2-3,8H,4-7H2,1H3,(H,15,21)(H,19,20). The van der Waals surface area contributed by atoms with E-state index in [1.165, 1.54) is 25.3 Å². The van der Waals surface area contributed by atoms with Gasteiger partial charge >= 0.3 is 12.0 Å². The summed E-state index contributed by atoms with van der Waals surface area (Å²) in [4.78, 5) is 40.9. The number of pyridine rings is 1. The Kier molecular flexibility index (Phi) is 4.36. The molecule has 112 valence electrons. The summed E-state index contributed by atoms with van der Waals surface area (Å²) >= 11 is 0. The zero-order chi connectivity index (χ0) is 15.4. The van der Waals surface area contributed by atoms with Gasteiger partial charge in [-0.05, 0) is 12.1 Å². The Bertz CT molecular complexity index is 550. The molecular weight excluding hydrogens is 276 g/mol. The van der Waals surface area contributed by atoms with Gasteiger partial charge < -0.3 is 20.2 Å². The fourth-order valence-electron chi connectivity index (χ4n) is 2.02. The van der Waals surface area contributed by atoms with Crippen molar-refractivity contribution in [2.45, 2.75) is 6.92 Å². The van der Waals surface area contributed by atoms with E-state index in [2.05, 4.69) is 10.3 Å². The number of piperazine rings is 1. The number of hydrogen-bond donors (Lipinski definition) is 2. The van der Waals surface area contributed by atoms with Crippen molar-refractivity contribution in [2.75, 3.05) is 31.5 Å². The number of carbonyl (C=O) groups is 3. The molecule has 1 aromatic heterocycles. The van der Waals surface area contributed by atoms with Gasteiger partial charge in [0.1, 0.15) is 5.69 Å². The number of amides is 3. The van der Waals surface area contributed by atoms with E-state index in [1.807, 2.05) is 0 Å². The number of anilines is 1. The Morgan fingerprint density at radius 1 is 1.14 bits per heavy atom. The van der Waals surface area contributed by atoms with Crippen LogP contribution < -0.4 is 5.32 Å². The Labute approximate surface area is 121 Å². The number of carboxylic acids is 1. The Morgan fingerprint density at radius 3 is 2.24 bits per heavy atom. The van der Waals surface area contributed by atoms with Crippen LogP contribution in [0, 0.1) is 0 Å². The van der Waals surface area contributed by atoms with Crippen molar-refractivity contribution in [2.24, 2.45) is 0 Å². The van der Waals surface area contributed by atoms with Crippen LogP contribution in [-0.2, 0) is 4.79 Å². The van der Waals surface area contributed by atoms with Crippen molar-refractivity contribution in [3.05, 3.63) is 24.0 Å². The average Bonchev–Trinajstić information content (AvgIpc) is 2.47. The molecule has 2 rings (SSSR count). The predicted octanol–water partition coefficient (Wildman–Crippen LogP) is 0.476.